The van der Waals surface area contributed by atoms with Crippen LogP contribution in [0.3, 0.4) is 0 Å². The number of aromatic hydroxyl groups is 2. The zero-order valence-corrected chi connectivity index (χ0v) is 24.5. The Bertz CT molecular complexity index is 1570. The van der Waals surface area contributed by atoms with Gasteiger partial charge in [0.2, 0.25) is 17.5 Å². The average molecular weight is 625 g/mol. The van der Waals surface area contributed by atoms with Gasteiger partial charge in [-0.15, -0.1) is 4.73 Å². The Morgan fingerprint density at radius 2 is 1.66 bits per heavy atom. The highest BCUT2D eigenvalue weighted by atomic mass is 19.4. The molecule has 2 N–H and O–H groups in total. The van der Waals surface area contributed by atoms with Gasteiger partial charge in [-0.3, -0.25) is 4.79 Å². The molecule has 0 saturated carbocycles. The second-order valence-electron chi connectivity index (χ2n) is 12.3. The Kier molecular flexibility index (Phi) is 7.50. The summed E-state index contributed by atoms with van der Waals surface area (Å²) >= 11 is 0. The van der Waals surface area contributed by atoms with Crippen molar-refractivity contribution in [1.29, 1.82) is 0 Å². The number of fused-ring (bicyclic) bond motifs is 1. The van der Waals surface area contributed by atoms with Crippen molar-refractivity contribution in [3.05, 3.63) is 47.7 Å². The van der Waals surface area contributed by atoms with E-state index in [9.17, 15) is 33.0 Å². The Morgan fingerprint density at radius 1 is 1.00 bits per heavy atom. The summed E-state index contributed by atoms with van der Waals surface area (Å²) in [7, 11) is 0. The number of halogens is 3. The Balaban J connectivity index is 1.41. The molecule has 0 radical (unpaired) electrons. The summed E-state index contributed by atoms with van der Waals surface area (Å²) in [6, 6.07) is 7.32. The van der Waals surface area contributed by atoms with Crippen LogP contribution in [0.5, 0.6) is 17.5 Å². The number of hydrogen-bond donors (Lipinski definition) is 2. The molecular formula is C29H31F3N2O10. The van der Waals surface area contributed by atoms with Gasteiger partial charge in [-0.1, -0.05) is 45.8 Å². The van der Waals surface area contributed by atoms with Crippen molar-refractivity contribution in [2.45, 2.75) is 71.4 Å². The van der Waals surface area contributed by atoms with Gasteiger partial charge in [-0.2, -0.15) is 18.1 Å². The molecule has 5 rings (SSSR count). The van der Waals surface area contributed by atoms with Crippen LogP contribution in [0.1, 0.15) is 65.2 Å². The summed E-state index contributed by atoms with van der Waals surface area (Å²) in [5.74, 6) is -5.60. The number of rotatable bonds is 8. The molecule has 2 aromatic heterocycles. The highest BCUT2D eigenvalue weighted by Gasteiger charge is 2.81. The third-order valence-electron chi connectivity index (χ3n) is 7.80. The molecule has 0 bridgehead atoms. The Labute approximate surface area is 249 Å². The van der Waals surface area contributed by atoms with E-state index in [2.05, 4.69) is 9.68 Å². The second-order valence-corrected chi connectivity index (χ2v) is 12.3. The van der Waals surface area contributed by atoms with Crippen LogP contribution in [0.25, 0.3) is 11.3 Å². The molecule has 44 heavy (non-hydrogen) atoms. The molecule has 15 heteroatoms. The standard InChI is InChI=1S/C29H31F3N2O10/c1-25(2,3)29-26(4,5)15-39-27(29,43-44-29)16-9-10-17(18-14-20(41-33-18)28(30,31)32)19(13-16)40-23(37)7-6-8-24(38)42-34-21(35)11-12-22(34)36/h9-14,35-36H,6-8,15H2,1-5H3. The van der Waals surface area contributed by atoms with E-state index in [0.29, 0.717) is 16.4 Å². The van der Waals surface area contributed by atoms with Crippen molar-refractivity contribution in [3.8, 4) is 28.8 Å². The molecule has 0 aliphatic carbocycles. The molecule has 0 spiro atoms. The van der Waals surface area contributed by atoms with Crippen molar-refractivity contribution in [2.24, 2.45) is 10.8 Å². The minimum Gasteiger partial charge on any atom is -0.492 e. The monoisotopic (exact) mass is 624 g/mol. The lowest BCUT2D eigenvalue weighted by atomic mass is 9.57. The van der Waals surface area contributed by atoms with E-state index in [1.807, 2.05) is 34.6 Å². The van der Waals surface area contributed by atoms with Gasteiger partial charge in [0.15, 0.2) is 5.60 Å². The van der Waals surface area contributed by atoms with Gasteiger partial charge in [0.25, 0.3) is 5.79 Å². The van der Waals surface area contributed by atoms with Gasteiger partial charge < -0.3 is 29.0 Å². The molecule has 2 atom stereocenters. The Morgan fingerprint density at radius 3 is 2.23 bits per heavy atom. The van der Waals surface area contributed by atoms with Crippen LogP contribution in [-0.4, -0.2) is 44.2 Å². The molecular weight excluding hydrogens is 593 g/mol. The predicted molar refractivity (Wildman–Crippen MR) is 142 cm³/mol. The predicted octanol–water partition coefficient (Wildman–Crippen LogP) is 5.26. The number of benzene rings is 1. The summed E-state index contributed by atoms with van der Waals surface area (Å²) < 4.78 is 56.6. The third kappa shape index (κ3) is 4.98. The Hall–Kier alpha value is -4.08. The number of esters is 1. The lowest BCUT2D eigenvalue weighted by Crippen LogP contribution is -2.73. The molecule has 1 aromatic carbocycles. The maximum atomic E-state index is 13.3. The normalized spacial score (nSPS) is 22.7. The largest absolute Gasteiger partial charge is 0.492 e. The van der Waals surface area contributed by atoms with E-state index in [0.717, 1.165) is 12.1 Å². The van der Waals surface area contributed by atoms with Crippen molar-refractivity contribution in [2.75, 3.05) is 6.61 Å². The maximum Gasteiger partial charge on any atom is 0.452 e. The first kappa shape index (κ1) is 31.3. The first-order valence-corrected chi connectivity index (χ1v) is 13.6. The summed E-state index contributed by atoms with van der Waals surface area (Å²) in [5, 5.41) is 22.7. The highest BCUT2D eigenvalue weighted by molar-refractivity contribution is 5.78. The molecule has 2 fully saturated rings. The first-order chi connectivity index (χ1) is 20.4. The molecule has 238 valence electrons. The second kappa shape index (κ2) is 10.5. The molecule has 3 aromatic rings. The summed E-state index contributed by atoms with van der Waals surface area (Å²) in [6.07, 6.45) is -5.43. The van der Waals surface area contributed by atoms with Crippen molar-refractivity contribution >= 4 is 11.9 Å². The first-order valence-electron chi connectivity index (χ1n) is 13.6. The number of carbonyl (C=O) groups is 2. The summed E-state index contributed by atoms with van der Waals surface area (Å²) in [5.41, 5.74) is -1.86. The van der Waals surface area contributed by atoms with Gasteiger partial charge >= 0.3 is 18.1 Å². The number of alkyl halides is 3. The fraction of sp³-hybridized carbons (Fsp3) is 0.483. The van der Waals surface area contributed by atoms with E-state index in [1.54, 1.807) is 6.07 Å². The topological polar surface area (TPSA) is 152 Å². The van der Waals surface area contributed by atoms with Crippen molar-refractivity contribution in [1.82, 2.24) is 9.89 Å². The van der Waals surface area contributed by atoms with Gasteiger partial charge in [0.05, 0.1) is 6.61 Å². The average Bonchev–Trinajstić information content (AvgIpc) is 3.54. The SMILES string of the molecule is CC(C)(C)C12OOC1(c1ccc(-c3cc(C(F)(F)F)on3)c(OC(=O)CCCC(=O)On3c(O)ccc3O)c1)OCC2(C)C. The number of carbonyl (C=O) groups excluding carboxylic acids is 2. The quantitative estimate of drug-likeness (QED) is 0.192. The number of nitrogens with zero attached hydrogens (tertiary/aromatic N) is 2. The van der Waals surface area contributed by atoms with Crippen LogP contribution >= 0.6 is 0 Å². The molecule has 2 aliphatic heterocycles. The van der Waals surface area contributed by atoms with Crippen LogP contribution in [0.4, 0.5) is 13.2 Å². The fourth-order valence-electron chi connectivity index (χ4n) is 5.99. The lowest BCUT2D eigenvalue weighted by Gasteiger charge is -2.61. The van der Waals surface area contributed by atoms with Crippen LogP contribution in [-0.2, 0) is 36.1 Å². The minimum atomic E-state index is -4.80. The summed E-state index contributed by atoms with van der Waals surface area (Å²) in [6.45, 7) is 10.1. The molecule has 2 saturated heterocycles. The van der Waals surface area contributed by atoms with Crippen LogP contribution in [0.2, 0.25) is 0 Å². The maximum absolute atomic E-state index is 13.3. The lowest BCUT2D eigenvalue weighted by molar-refractivity contribution is -0.626. The van der Waals surface area contributed by atoms with Crippen molar-refractivity contribution < 1.29 is 61.6 Å². The smallest absolute Gasteiger partial charge is 0.452 e. The van der Waals surface area contributed by atoms with E-state index < -0.39 is 57.9 Å². The molecule has 0 amide bonds. The summed E-state index contributed by atoms with van der Waals surface area (Å²) in [4.78, 5) is 41.4. The van der Waals surface area contributed by atoms with E-state index in [4.69, 9.17) is 24.1 Å². The molecule has 2 unspecified atom stereocenters. The van der Waals surface area contributed by atoms with E-state index in [1.165, 1.54) is 12.1 Å². The van der Waals surface area contributed by atoms with Gasteiger partial charge in [0.1, 0.15) is 11.4 Å². The molecule has 2 aliphatic rings. The zero-order chi connectivity index (χ0) is 32.3. The third-order valence-corrected chi connectivity index (χ3v) is 7.80. The van der Waals surface area contributed by atoms with Crippen LogP contribution in [0, 0.1) is 10.8 Å². The van der Waals surface area contributed by atoms with E-state index in [-0.39, 0.29) is 42.9 Å². The fourth-order valence-corrected chi connectivity index (χ4v) is 5.99. The van der Waals surface area contributed by atoms with Crippen LogP contribution < -0.4 is 9.57 Å². The number of aromatic nitrogens is 2. The van der Waals surface area contributed by atoms with Gasteiger partial charge in [-0.25, -0.2) is 9.68 Å². The molecule has 12 nitrogen and oxygen atoms in total. The number of ether oxygens (including phenoxy) is 2. The van der Waals surface area contributed by atoms with E-state index >= 15 is 0 Å². The van der Waals surface area contributed by atoms with Gasteiger partial charge in [-0.05, 0) is 18.6 Å². The zero-order valence-electron chi connectivity index (χ0n) is 24.5. The minimum absolute atomic E-state index is 0.0228. The number of hydrogen-bond acceptors (Lipinski definition) is 11. The highest BCUT2D eigenvalue weighted by Crippen LogP contribution is 2.69. The van der Waals surface area contributed by atoms with Gasteiger partial charge in [0, 0.05) is 53.0 Å². The van der Waals surface area contributed by atoms with Crippen LogP contribution in [0.15, 0.2) is 40.9 Å². The van der Waals surface area contributed by atoms with Crippen molar-refractivity contribution in [3.63, 3.8) is 0 Å². The molecule has 4 heterocycles.